The molecule has 1 aromatic heterocycles. The van der Waals surface area contributed by atoms with E-state index in [1.807, 2.05) is 43.3 Å². The summed E-state index contributed by atoms with van der Waals surface area (Å²) in [6, 6.07) is 15.0. The van der Waals surface area contributed by atoms with E-state index < -0.39 is 41.7 Å². The zero-order valence-corrected chi connectivity index (χ0v) is 22.8. The monoisotopic (exact) mass is 558 g/mol. The van der Waals surface area contributed by atoms with Crippen LogP contribution in [0.2, 0.25) is 5.02 Å². The van der Waals surface area contributed by atoms with Crippen molar-refractivity contribution in [1.82, 2.24) is 9.78 Å². The molecule has 4 rings (SSSR count). The van der Waals surface area contributed by atoms with Crippen molar-refractivity contribution in [1.29, 1.82) is 0 Å². The molecule has 0 N–H and O–H groups in total. The van der Waals surface area contributed by atoms with Gasteiger partial charge in [0.2, 0.25) is 0 Å². The second kappa shape index (κ2) is 11.9. The van der Waals surface area contributed by atoms with Crippen molar-refractivity contribution in [2.75, 3.05) is 5.75 Å². The maximum atomic E-state index is 12.1. The second-order valence-electron chi connectivity index (χ2n) is 8.68. The maximum Gasteiger partial charge on any atom is 0.303 e. The number of aryl methyl sites for hydroxylation is 1. The van der Waals surface area contributed by atoms with Crippen LogP contribution in [0, 0.1) is 6.92 Å². The molecule has 1 aliphatic rings. The van der Waals surface area contributed by atoms with E-state index in [1.165, 1.54) is 32.5 Å². The SMILES string of the molecule is CC(=O)O[C@@H]1[C@@H](OC(C)=O)[C@@H](Oc2cc(C)c(Cl)cc2-c2ccnn2-c2ccccc2)SC[C@H]1OC(C)=O. The number of halogens is 1. The molecule has 0 radical (unpaired) electrons. The standard InChI is InChI=1S/C27H27ClN2O7S/c1-15-12-23(20(13-21(15)28)22-10-11-29-30(22)19-8-6-5-7-9-19)37-27-26(36-18(4)33)25(35-17(3)32)24(14-38-27)34-16(2)31/h5-13,24-27H,14H2,1-4H3/t24-,25+,26-,27+/m1/s1. The number of para-hydroxylation sites is 1. The average Bonchev–Trinajstić information content (AvgIpc) is 3.34. The van der Waals surface area contributed by atoms with Crippen molar-refractivity contribution in [2.45, 2.75) is 51.4 Å². The highest BCUT2D eigenvalue weighted by atomic mass is 35.5. The third kappa shape index (κ3) is 6.31. The summed E-state index contributed by atoms with van der Waals surface area (Å²) in [5.74, 6) is -1.03. The van der Waals surface area contributed by atoms with Crippen LogP contribution in [0.1, 0.15) is 26.3 Å². The van der Waals surface area contributed by atoms with Gasteiger partial charge in [0.25, 0.3) is 0 Å². The average molecular weight is 559 g/mol. The Labute approximate surface area is 229 Å². The number of benzene rings is 2. The van der Waals surface area contributed by atoms with Gasteiger partial charge in [-0.05, 0) is 42.8 Å². The van der Waals surface area contributed by atoms with Crippen molar-refractivity contribution in [3.8, 4) is 22.7 Å². The Hall–Kier alpha value is -3.50. The van der Waals surface area contributed by atoms with Gasteiger partial charge in [-0.2, -0.15) is 5.10 Å². The minimum absolute atomic E-state index is 0.254. The fourth-order valence-corrected chi connectivity index (χ4v) is 5.54. The largest absolute Gasteiger partial charge is 0.475 e. The number of hydrogen-bond acceptors (Lipinski definition) is 9. The third-order valence-electron chi connectivity index (χ3n) is 5.73. The highest BCUT2D eigenvalue weighted by molar-refractivity contribution is 7.99. The molecule has 2 aromatic carbocycles. The highest BCUT2D eigenvalue weighted by Crippen LogP contribution is 2.40. The van der Waals surface area contributed by atoms with Crippen LogP contribution < -0.4 is 4.74 Å². The van der Waals surface area contributed by atoms with Gasteiger partial charge in [-0.3, -0.25) is 14.4 Å². The maximum absolute atomic E-state index is 12.1. The van der Waals surface area contributed by atoms with E-state index in [2.05, 4.69) is 5.10 Å². The van der Waals surface area contributed by atoms with Crippen molar-refractivity contribution in [2.24, 2.45) is 0 Å². The normalized spacial score (nSPS) is 20.9. The number of nitrogens with zero attached hydrogens (tertiary/aromatic N) is 2. The summed E-state index contributed by atoms with van der Waals surface area (Å²) in [6.07, 6.45) is -1.26. The fourth-order valence-electron chi connectivity index (χ4n) is 4.17. The molecule has 200 valence electrons. The molecule has 0 aliphatic carbocycles. The summed E-state index contributed by atoms with van der Waals surface area (Å²) in [5.41, 5.74) is 2.22. The first-order valence-corrected chi connectivity index (χ1v) is 13.3. The van der Waals surface area contributed by atoms with Gasteiger partial charge in [0.05, 0.1) is 17.6 Å². The predicted molar refractivity (Wildman–Crippen MR) is 142 cm³/mol. The smallest absolute Gasteiger partial charge is 0.303 e. The molecule has 0 amide bonds. The molecule has 1 aliphatic heterocycles. The van der Waals surface area contributed by atoms with Crippen LogP contribution in [0.15, 0.2) is 54.7 Å². The van der Waals surface area contributed by atoms with Crippen LogP contribution in [0.3, 0.4) is 0 Å². The Bertz CT molecular complexity index is 1330. The van der Waals surface area contributed by atoms with Gasteiger partial charge in [-0.15, -0.1) is 11.8 Å². The molecule has 1 saturated heterocycles. The quantitative estimate of drug-likeness (QED) is 0.300. The lowest BCUT2D eigenvalue weighted by Crippen LogP contribution is -2.55. The van der Waals surface area contributed by atoms with E-state index in [-0.39, 0.29) is 5.75 Å². The first kappa shape index (κ1) is 27.5. The third-order valence-corrected chi connectivity index (χ3v) is 7.35. The van der Waals surface area contributed by atoms with Crippen molar-refractivity contribution in [3.05, 3.63) is 65.3 Å². The van der Waals surface area contributed by atoms with Gasteiger partial charge < -0.3 is 18.9 Å². The molecule has 0 spiro atoms. The number of thioether (sulfide) groups is 1. The number of rotatable bonds is 7. The van der Waals surface area contributed by atoms with E-state index in [0.29, 0.717) is 16.3 Å². The lowest BCUT2D eigenvalue weighted by Gasteiger charge is -2.40. The first-order chi connectivity index (χ1) is 18.1. The van der Waals surface area contributed by atoms with Crippen LogP contribution in [0.25, 0.3) is 16.9 Å². The van der Waals surface area contributed by atoms with Crippen LogP contribution in [-0.4, -0.2) is 57.2 Å². The number of esters is 3. The molecule has 11 heteroatoms. The molecular formula is C27H27ClN2O7S. The molecule has 0 saturated carbocycles. The van der Waals surface area contributed by atoms with E-state index in [4.69, 9.17) is 30.5 Å². The number of hydrogen-bond donors (Lipinski definition) is 0. The molecule has 9 nitrogen and oxygen atoms in total. The summed E-state index contributed by atoms with van der Waals surface area (Å²) in [7, 11) is 0. The fraction of sp³-hybridized carbons (Fsp3) is 0.333. The van der Waals surface area contributed by atoms with Gasteiger partial charge in [0.1, 0.15) is 5.75 Å². The first-order valence-electron chi connectivity index (χ1n) is 11.8. The Morgan fingerprint density at radius 2 is 1.61 bits per heavy atom. The van der Waals surface area contributed by atoms with Gasteiger partial charge >= 0.3 is 17.9 Å². The summed E-state index contributed by atoms with van der Waals surface area (Å²) in [4.78, 5) is 35.7. The Morgan fingerprint density at radius 3 is 2.26 bits per heavy atom. The number of ether oxygens (including phenoxy) is 4. The number of carbonyl (C=O) groups excluding carboxylic acids is 3. The van der Waals surface area contributed by atoms with Gasteiger partial charge in [0, 0.05) is 37.1 Å². The predicted octanol–water partition coefficient (Wildman–Crippen LogP) is 4.75. The summed E-state index contributed by atoms with van der Waals surface area (Å²) in [5, 5.41) is 5.01. The summed E-state index contributed by atoms with van der Waals surface area (Å²) >= 11 is 7.81. The second-order valence-corrected chi connectivity index (χ2v) is 10.2. The lowest BCUT2D eigenvalue weighted by atomic mass is 10.1. The van der Waals surface area contributed by atoms with Crippen LogP contribution in [-0.2, 0) is 28.6 Å². The lowest BCUT2D eigenvalue weighted by molar-refractivity contribution is -0.186. The van der Waals surface area contributed by atoms with Gasteiger partial charge in [0.15, 0.2) is 23.7 Å². The van der Waals surface area contributed by atoms with Gasteiger partial charge in [-0.25, -0.2) is 4.68 Å². The van der Waals surface area contributed by atoms with Crippen LogP contribution >= 0.6 is 23.4 Å². The Kier molecular flexibility index (Phi) is 8.63. The molecule has 1 fully saturated rings. The molecule has 38 heavy (non-hydrogen) atoms. The van der Waals surface area contributed by atoms with Crippen molar-refractivity contribution in [3.63, 3.8) is 0 Å². The highest BCUT2D eigenvalue weighted by Gasteiger charge is 2.48. The van der Waals surface area contributed by atoms with Gasteiger partial charge in [-0.1, -0.05) is 29.8 Å². The minimum Gasteiger partial charge on any atom is -0.475 e. The number of carbonyl (C=O) groups is 3. The van der Waals surface area contributed by atoms with E-state index in [0.717, 1.165) is 16.9 Å². The van der Waals surface area contributed by atoms with Crippen molar-refractivity contribution >= 4 is 41.3 Å². The molecule has 3 aromatic rings. The molecule has 2 heterocycles. The zero-order chi connectivity index (χ0) is 27.4. The topological polar surface area (TPSA) is 106 Å². The van der Waals surface area contributed by atoms with E-state index in [9.17, 15) is 14.4 Å². The van der Waals surface area contributed by atoms with Crippen LogP contribution in [0.4, 0.5) is 0 Å². The van der Waals surface area contributed by atoms with Crippen molar-refractivity contribution < 1.29 is 33.3 Å². The molecule has 4 atom stereocenters. The Morgan fingerprint density at radius 1 is 0.947 bits per heavy atom. The zero-order valence-electron chi connectivity index (χ0n) is 21.3. The summed E-state index contributed by atoms with van der Waals surface area (Å²) in [6.45, 7) is 5.60. The molecular weight excluding hydrogens is 532 g/mol. The summed E-state index contributed by atoms with van der Waals surface area (Å²) < 4.78 is 24.7. The Balaban J connectivity index is 1.74. The minimum atomic E-state index is -1.06. The number of aromatic nitrogens is 2. The molecule has 0 unspecified atom stereocenters. The van der Waals surface area contributed by atoms with Crippen LogP contribution in [0.5, 0.6) is 5.75 Å². The van der Waals surface area contributed by atoms with E-state index >= 15 is 0 Å². The molecule has 0 bridgehead atoms. The van der Waals surface area contributed by atoms with E-state index in [1.54, 1.807) is 23.0 Å².